The number of rotatable bonds is 11. The molecule has 1 aliphatic heterocycles. The van der Waals surface area contributed by atoms with Gasteiger partial charge in [0.15, 0.2) is 0 Å². The van der Waals surface area contributed by atoms with Gasteiger partial charge in [-0.25, -0.2) is 0 Å². The topological polar surface area (TPSA) is 96.7 Å². The average molecular weight is 515 g/mol. The second-order valence-corrected chi connectivity index (χ2v) is 9.85. The van der Waals surface area contributed by atoms with Crippen molar-refractivity contribution in [3.8, 4) is 5.75 Å². The quantitative estimate of drug-likeness (QED) is 0.362. The lowest BCUT2D eigenvalue weighted by Gasteiger charge is -2.27. The maximum absolute atomic E-state index is 13.3. The van der Waals surface area contributed by atoms with Crippen molar-refractivity contribution in [1.82, 2.24) is 15.5 Å². The first-order chi connectivity index (χ1) is 18.5. The summed E-state index contributed by atoms with van der Waals surface area (Å²) in [6.45, 7) is 2.69. The maximum atomic E-state index is 13.3. The number of piperidine rings is 1. The molecule has 4 rings (SSSR count). The lowest BCUT2D eigenvalue weighted by atomic mass is 9.98. The summed E-state index contributed by atoms with van der Waals surface area (Å²) < 4.78 is 5.31. The van der Waals surface area contributed by atoms with E-state index in [1.807, 2.05) is 59.5 Å². The van der Waals surface area contributed by atoms with Crippen LogP contribution in [0.25, 0.3) is 0 Å². The van der Waals surface area contributed by atoms with Gasteiger partial charge in [0.25, 0.3) is 11.8 Å². The Kier molecular flexibility index (Phi) is 9.90. The van der Waals surface area contributed by atoms with Crippen LogP contribution in [0.5, 0.6) is 5.75 Å². The van der Waals surface area contributed by atoms with Crippen LogP contribution >= 0.6 is 0 Å². The Morgan fingerprint density at radius 1 is 0.895 bits per heavy atom. The van der Waals surface area contributed by atoms with E-state index in [2.05, 4.69) is 10.6 Å². The molecular weight excluding hydrogens is 476 g/mol. The van der Waals surface area contributed by atoms with Gasteiger partial charge in [-0.1, -0.05) is 48.5 Å². The van der Waals surface area contributed by atoms with Crippen LogP contribution in [0.3, 0.4) is 0 Å². The van der Waals surface area contributed by atoms with E-state index in [-0.39, 0.29) is 23.9 Å². The van der Waals surface area contributed by atoms with Crippen molar-refractivity contribution in [2.24, 2.45) is 5.73 Å². The van der Waals surface area contributed by atoms with E-state index in [9.17, 15) is 9.59 Å². The Morgan fingerprint density at radius 2 is 1.61 bits per heavy atom. The van der Waals surface area contributed by atoms with Gasteiger partial charge in [0.2, 0.25) is 0 Å². The molecule has 1 aliphatic rings. The van der Waals surface area contributed by atoms with Gasteiger partial charge < -0.3 is 26.0 Å². The third kappa shape index (κ3) is 7.66. The molecule has 3 aromatic carbocycles. The molecular formula is C31H38N4O3. The summed E-state index contributed by atoms with van der Waals surface area (Å²) in [4.78, 5) is 28.2. The first-order valence-corrected chi connectivity index (χ1v) is 13.4. The van der Waals surface area contributed by atoms with Gasteiger partial charge in [0.1, 0.15) is 5.75 Å². The fraction of sp³-hybridized carbons (Fsp3) is 0.355. The number of ether oxygens (including phenoxy) is 1. The molecule has 7 nitrogen and oxygen atoms in total. The second-order valence-electron chi connectivity index (χ2n) is 9.85. The van der Waals surface area contributed by atoms with Crippen LogP contribution in [0.2, 0.25) is 0 Å². The minimum absolute atomic E-state index is 0.0152. The number of hydrogen-bond donors (Lipinski definition) is 3. The predicted octanol–water partition coefficient (Wildman–Crippen LogP) is 3.78. The molecule has 3 aromatic rings. The van der Waals surface area contributed by atoms with Crippen LogP contribution < -0.4 is 21.1 Å². The Hall–Kier alpha value is -3.68. The van der Waals surface area contributed by atoms with Crippen molar-refractivity contribution in [3.05, 3.63) is 101 Å². The van der Waals surface area contributed by atoms with Crippen molar-refractivity contribution in [2.45, 2.75) is 44.3 Å². The monoisotopic (exact) mass is 514 g/mol. The Labute approximate surface area is 225 Å². The molecule has 38 heavy (non-hydrogen) atoms. The molecule has 0 bridgehead atoms. The predicted molar refractivity (Wildman–Crippen MR) is 150 cm³/mol. The third-order valence-electron chi connectivity index (χ3n) is 6.99. The number of carbonyl (C=O) groups excluding carboxylic acids is 2. The van der Waals surface area contributed by atoms with Gasteiger partial charge in [0.05, 0.1) is 7.11 Å². The standard InChI is InChI=1S/C31H38N4O3/c1-38-27-15-8-12-24(18-27)21-33-22-28(32)29(19-23-10-4-2-5-11-23)34-30(36)25-13-9-14-26(20-25)31(37)35-16-6-3-7-17-35/h2,4-5,8-15,18,20,28-29,33H,3,6-7,16-17,19,21-22,32H2,1H3,(H,34,36)/t28?,29-/m0/s1. The van der Waals surface area contributed by atoms with Crippen LogP contribution in [0.15, 0.2) is 78.9 Å². The summed E-state index contributed by atoms with van der Waals surface area (Å²) in [7, 11) is 1.65. The van der Waals surface area contributed by atoms with Gasteiger partial charge in [-0.2, -0.15) is 0 Å². The summed E-state index contributed by atoms with van der Waals surface area (Å²) >= 11 is 0. The largest absolute Gasteiger partial charge is 0.497 e. The van der Waals surface area contributed by atoms with Gasteiger partial charge in [0, 0.05) is 49.4 Å². The van der Waals surface area contributed by atoms with Gasteiger partial charge in [-0.15, -0.1) is 0 Å². The highest BCUT2D eigenvalue weighted by Gasteiger charge is 2.23. The Balaban J connectivity index is 1.42. The second kappa shape index (κ2) is 13.7. The van der Waals surface area contributed by atoms with Gasteiger partial charge >= 0.3 is 0 Å². The van der Waals surface area contributed by atoms with Gasteiger partial charge in [-0.05, 0) is 67.1 Å². The average Bonchev–Trinajstić information content (AvgIpc) is 2.97. The fourth-order valence-corrected chi connectivity index (χ4v) is 4.81. The van der Waals surface area contributed by atoms with Crippen molar-refractivity contribution >= 4 is 11.8 Å². The van der Waals surface area contributed by atoms with E-state index in [0.29, 0.717) is 30.6 Å². The zero-order valence-electron chi connectivity index (χ0n) is 22.1. The van der Waals surface area contributed by atoms with E-state index in [1.54, 1.807) is 31.4 Å². The number of nitrogens with one attached hydrogen (secondary N) is 2. The Bertz CT molecular complexity index is 1190. The number of likely N-dealkylation sites (tertiary alicyclic amines) is 1. The maximum Gasteiger partial charge on any atom is 0.253 e. The number of nitrogens with two attached hydrogens (primary N) is 1. The number of carbonyl (C=O) groups is 2. The molecule has 4 N–H and O–H groups in total. The lowest BCUT2D eigenvalue weighted by Crippen LogP contribution is -2.53. The number of hydrogen-bond acceptors (Lipinski definition) is 5. The normalized spacial score (nSPS) is 14.9. The number of amides is 2. The molecule has 1 unspecified atom stereocenters. The van der Waals surface area contributed by atoms with Crippen LogP contribution in [0.4, 0.5) is 0 Å². The van der Waals surface area contributed by atoms with Crippen LogP contribution in [0.1, 0.15) is 51.1 Å². The van der Waals surface area contributed by atoms with E-state index in [1.165, 1.54) is 0 Å². The molecule has 1 saturated heterocycles. The van der Waals surface area contributed by atoms with Crippen molar-refractivity contribution < 1.29 is 14.3 Å². The van der Waals surface area contributed by atoms with Crippen LogP contribution in [0, 0.1) is 0 Å². The summed E-state index contributed by atoms with van der Waals surface area (Å²) in [5, 5.41) is 6.56. The highest BCUT2D eigenvalue weighted by atomic mass is 16.5. The molecule has 2 amide bonds. The summed E-state index contributed by atoms with van der Waals surface area (Å²) in [6, 6.07) is 24.2. The lowest BCUT2D eigenvalue weighted by molar-refractivity contribution is 0.0724. The van der Waals surface area contributed by atoms with Crippen molar-refractivity contribution in [1.29, 1.82) is 0 Å². The van der Waals surface area contributed by atoms with Crippen LogP contribution in [-0.2, 0) is 13.0 Å². The highest BCUT2D eigenvalue weighted by Crippen LogP contribution is 2.16. The van der Waals surface area contributed by atoms with E-state index in [0.717, 1.165) is 49.2 Å². The SMILES string of the molecule is COc1cccc(CNCC(N)[C@H](Cc2ccccc2)NC(=O)c2cccc(C(=O)N3CCCCC3)c2)c1. The van der Waals surface area contributed by atoms with Crippen molar-refractivity contribution in [3.63, 3.8) is 0 Å². The minimum Gasteiger partial charge on any atom is -0.497 e. The van der Waals surface area contributed by atoms with E-state index < -0.39 is 0 Å². The van der Waals surface area contributed by atoms with E-state index >= 15 is 0 Å². The molecule has 0 spiro atoms. The third-order valence-corrected chi connectivity index (χ3v) is 6.99. The van der Waals surface area contributed by atoms with E-state index in [4.69, 9.17) is 10.5 Å². The molecule has 200 valence electrons. The zero-order chi connectivity index (χ0) is 26.7. The number of benzene rings is 3. The molecule has 1 fully saturated rings. The first-order valence-electron chi connectivity index (χ1n) is 13.4. The number of nitrogens with zero attached hydrogens (tertiary/aromatic N) is 1. The molecule has 0 aliphatic carbocycles. The molecule has 0 radical (unpaired) electrons. The summed E-state index contributed by atoms with van der Waals surface area (Å²) in [5.41, 5.74) is 9.82. The Morgan fingerprint density at radius 3 is 2.37 bits per heavy atom. The molecule has 2 atom stereocenters. The molecule has 0 saturated carbocycles. The molecule has 0 aromatic heterocycles. The zero-order valence-corrected chi connectivity index (χ0v) is 22.1. The highest BCUT2D eigenvalue weighted by molar-refractivity contribution is 5.99. The fourth-order valence-electron chi connectivity index (χ4n) is 4.81. The minimum atomic E-state index is -0.331. The first kappa shape index (κ1) is 27.4. The molecule has 1 heterocycles. The van der Waals surface area contributed by atoms with Gasteiger partial charge in [-0.3, -0.25) is 9.59 Å². The smallest absolute Gasteiger partial charge is 0.253 e. The summed E-state index contributed by atoms with van der Waals surface area (Å²) in [5.74, 6) is 0.560. The van der Waals surface area contributed by atoms with Crippen LogP contribution in [-0.4, -0.2) is 55.5 Å². The summed E-state index contributed by atoms with van der Waals surface area (Å²) in [6.07, 6.45) is 3.80. The van der Waals surface area contributed by atoms with Crippen molar-refractivity contribution in [2.75, 3.05) is 26.7 Å². The molecule has 7 heteroatoms. The number of methoxy groups -OCH3 is 1.